The lowest BCUT2D eigenvalue weighted by molar-refractivity contribution is 1.37. The van der Waals surface area contributed by atoms with Crippen LogP contribution in [0.5, 0.6) is 0 Å². The van der Waals surface area contributed by atoms with Crippen LogP contribution in [0.25, 0.3) is 11.1 Å². The number of thioether (sulfide) groups is 1. The fraction of sp³-hybridized carbons (Fsp3) is 0.143. The van der Waals surface area contributed by atoms with Gasteiger partial charge in [0, 0.05) is 5.75 Å². The molecule has 2 aromatic carbocycles. The molecule has 1 aliphatic rings. The van der Waals surface area contributed by atoms with Gasteiger partial charge in [0.05, 0.1) is 0 Å². The second kappa shape index (κ2) is 4.15. The van der Waals surface area contributed by atoms with Crippen molar-refractivity contribution in [2.24, 2.45) is 0 Å². The molecule has 0 nitrogen and oxygen atoms in total. The van der Waals surface area contributed by atoms with Crippen molar-refractivity contribution >= 4 is 23.4 Å². The molecule has 0 saturated carbocycles. The van der Waals surface area contributed by atoms with Gasteiger partial charge >= 0.3 is 0 Å². The molecule has 1 aliphatic heterocycles. The molecular weight excluding hydrogens is 236 g/mol. The number of alkyl halides is 1. The molecular formula is C14H11ClS. The second-order valence-electron chi connectivity index (χ2n) is 3.87. The highest BCUT2D eigenvalue weighted by atomic mass is 35.5. The van der Waals surface area contributed by atoms with Gasteiger partial charge in [-0.2, -0.15) is 0 Å². The molecule has 0 aromatic heterocycles. The molecule has 0 aliphatic carbocycles. The second-order valence-corrected chi connectivity index (χ2v) is 5.66. The third kappa shape index (κ3) is 1.64. The molecule has 1 unspecified atom stereocenters. The molecule has 1 heterocycles. The number of hydrogen-bond acceptors (Lipinski definition) is 1. The number of fused-ring (bicyclic) bond motifs is 3. The van der Waals surface area contributed by atoms with E-state index in [1.807, 2.05) is 0 Å². The van der Waals surface area contributed by atoms with Crippen LogP contribution in [0.15, 0.2) is 48.5 Å². The van der Waals surface area contributed by atoms with Gasteiger partial charge in [-0.15, -0.1) is 23.4 Å². The number of hydrogen-bond donors (Lipinski definition) is 0. The molecule has 2 heteroatoms. The van der Waals surface area contributed by atoms with E-state index in [0.29, 0.717) is 0 Å². The molecule has 1 atom stereocenters. The summed E-state index contributed by atoms with van der Waals surface area (Å²) in [5.74, 6) is 0.985. The molecule has 0 spiro atoms. The van der Waals surface area contributed by atoms with Crippen molar-refractivity contribution in [2.45, 2.75) is 10.5 Å². The normalized spacial score (nSPS) is 18.4. The minimum atomic E-state index is 0.0589. The van der Waals surface area contributed by atoms with Gasteiger partial charge in [-0.25, -0.2) is 0 Å². The minimum Gasteiger partial charge on any atom is -0.133 e. The monoisotopic (exact) mass is 246 g/mol. The van der Waals surface area contributed by atoms with E-state index in [-0.39, 0.29) is 4.71 Å². The molecule has 2 aromatic rings. The van der Waals surface area contributed by atoms with Crippen molar-refractivity contribution in [3.05, 3.63) is 59.7 Å². The summed E-state index contributed by atoms with van der Waals surface area (Å²) in [4.78, 5) is 0. The van der Waals surface area contributed by atoms with Gasteiger partial charge < -0.3 is 0 Å². The van der Waals surface area contributed by atoms with Gasteiger partial charge in [-0.05, 0) is 22.3 Å². The van der Waals surface area contributed by atoms with Crippen LogP contribution in [0.1, 0.15) is 15.8 Å². The summed E-state index contributed by atoms with van der Waals surface area (Å²) in [6, 6.07) is 17.0. The molecule has 0 fully saturated rings. The summed E-state index contributed by atoms with van der Waals surface area (Å²) >= 11 is 8.19. The largest absolute Gasteiger partial charge is 0.133 e. The number of benzene rings is 2. The molecule has 0 bridgehead atoms. The summed E-state index contributed by atoms with van der Waals surface area (Å²) in [7, 11) is 0. The van der Waals surface area contributed by atoms with Crippen molar-refractivity contribution in [2.75, 3.05) is 0 Å². The quantitative estimate of drug-likeness (QED) is 0.600. The zero-order valence-corrected chi connectivity index (χ0v) is 10.3. The van der Waals surface area contributed by atoms with Crippen LogP contribution in [0.2, 0.25) is 0 Å². The molecule has 0 N–H and O–H groups in total. The van der Waals surface area contributed by atoms with E-state index in [1.54, 1.807) is 11.8 Å². The maximum absolute atomic E-state index is 6.40. The van der Waals surface area contributed by atoms with E-state index in [2.05, 4.69) is 48.5 Å². The molecule has 0 radical (unpaired) electrons. The van der Waals surface area contributed by atoms with Crippen LogP contribution < -0.4 is 0 Å². The first-order valence-corrected chi connectivity index (χ1v) is 6.77. The number of rotatable bonds is 0. The van der Waals surface area contributed by atoms with E-state index in [9.17, 15) is 0 Å². The van der Waals surface area contributed by atoms with Gasteiger partial charge in [0.25, 0.3) is 0 Å². The molecule has 0 saturated heterocycles. The van der Waals surface area contributed by atoms with E-state index in [1.165, 1.54) is 22.3 Å². The highest BCUT2D eigenvalue weighted by Gasteiger charge is 2.19. The van der Waals surface area contributed by atoms with Crippen LogP contribution in [-0.4, -0.2) is 0 Å². The Balaban J connectivity index is 2.28. The van der Waals surface area contributed by atoms with Crippen molar-refractivity contribution in [1.82, 2.24) is 0 Å². The van der Waals surface area contributed by atoms with Crippen LogP contribution >= 0.6 is 23.4 Å². The SMILES string of the molecule is ClC1SCc2ccccc2-c2ccccc21. The summed E-state index contributed by atoms with van der Waals surface area (Å²) in [6.45, 7) is 0. The van der Waals surface area contributed by atoms with Gasteiger partial charge in [0.15, 0.2) is 0 Å². The molecule has 16 heavy (non-hydrogen) atoms. The Hall–Kier alpha value is -0.920. The van der Waals surface area contributed by atoms with Crippen LogP contribution in [0.4, 0.5) is 0 Å². The van der Waals surface area contributed by atoms with Crippen molar-refractivity contribution in [3.8, 4) is 11.1 Å². The highest BCUT2D eigenvalue weighted by molar-refractivity contribution is 7.99. The van der Waals surface area contributed by atoms with E-state index < -0.39 is 0 Å². The van der Waals surface area contributed by atoms with Crippen molar-refractivity contribution < 1.29 is 0 Å². The Morgan fingerprint density at radius 1 is 0.938 bits per heavy atom. The van der Waals surface area contributed by atoms with Crippen molar-refractivity contribution in [1.29, 1.82) is 0 Å². The summed E-state index contributed by atoms with van der Waals surface area (Å²) < 4.78 is 0.0589. The maximum Gasteiger partial charge on any atom is 0.105 e. The lowest BCUT2D eigenvalue weighted by Crippen LogP contribution is -1.87. The van der Waals surface area contributed by atoms with Gasteiger partial charge in [0.1, 0.15) is 4.71 Å². The third-order valence-electron chi connectivity index (χ3n) is 2.90. The zero-order valence-electron chi connectivity index (χ0n) is 8.69. The Bertz CT molecular complexity index is 522. The fourth-order valence-electron chi connectivity index (χ4n) is 2.10. The Morgan fingerprint density at radius 2 is 1.62 bits per heavy atom. The first-order valence-electron chi connectivity index (χ1n) is 5.29. The van der Waals surface area contributed by atoms with Crippen LogP contribution in [0, 0.1) is 0 Å². The number of halogens is 1. The summed E-state index contributed by atoms with van der Waals surface area (Å²) in [6.07, 6.45) is 0. The average molecular weight is 247 g/mol. The Kier molecular flexibility index (Phi) is 2.66. The van der Waals surface area contributed by atoms with Gasteiger partial charge in [-0.1, -0.05) is 48.5 Å². The molecule has 80 valence electrons. The first-order chi connectivity index (χ1) is 7.86. The summed E-state index contributed by atoms with van der Waals surface area (Å²) in [5, 5.41) is 0. The van der Waals surface area contributed by atoms with Crippen molar-refractivity contribution in [3.63, 3.8) is 0 Å². The topological polar surface area (TPSA) is 0 Å². The van der Waals surface area contributed by atoms with Crippen LogP contribution in [0.3, 0.4) is 0 Å². The summed E-state index contributed by atoms with van der Waals surface area (Å²) in [5.41, 5.74) is 5.22. The highest BCUT2D eigenvalue weighted by Crippen LogP contribution is 2.45. The maximum atomic E-state index is 6.40. The average Bonchev–Trinajstić information content (AvgIpc) is 2.49. The van der Waals surface area contributed by atoms with Gasteiger partial charge in [0.2, 0.25) is 0 Å². The van der Waals surface area contributed by atoms with Crippen LogP contribution in [-0.2, 0) is 5.75 Å². The molecule has 3 rings (SSSR count). The third-order valence-corrected chi connectivity index (χ3v) is 4.54. The van der Waals surface area contributed by atoms with Gasteiger partial charge in [-0.3, -0.25) is 0 Å². The standard InChI is InChI=1S/C14H11ClS/c15-14-13-8-4-3-7-12(13)11-6-2-1-5-10(11)9-16-14/h1-8,14H,9H2. The Labute approximate surface area is 105 Å². The predicted octanol–water partition coefficient (Wildman–Crippen LogP) is 4.84. The van der Waals surface area contributed by atoms with E-state index in [4.69, 9.17) is 11.6 Å². The van der Waals surface area contributed by atoms with E-state index in [0.717, 1.165) is 5.75 Å². The minimum absolute atomic E-state index is 0.0589. The lowest BCUT2D eigenvalue weighted by Gasteiger charge is -2.10. The Morgan fingerprint density at radius 3 is 2.50 bits per heavy atom. The zero-order chi connectivity index (χ0) is 11.0. The fourth-order valence-corrected chi connectivity index (χ4v) is 3.44. The molecule has 0 amide bonds. The van der Waals surface area contributed by atoms with E-state index >= 15 is 0 Å². The lowest BCUT2D eigenvalue weighted by atomic mass is 9.97. The predicted molar refractivity (Wildman–Crippen MR) is 71.8 cm³/mol. The smallest absolute Gasteiger partial charge is 0.105 e. The first kappa shape index (κ1) is 10.2.